The average Bonchev–Trinajstić information content (AvgIpc) is 2.81. The second kappa shape index (κ2) is 6.10. The number of carbonyl (C=O) groups excluding carboxylic acids is 1. The molecule has 1 saturated carbocycles. The molecule has 0 unspecified atom stereocenters. The Morgan fingerprint density at radius 2 is 2.17 bits per heavy atom. The Hall–Kier alpha value is -1.22. The van der Waals surface area contributed by atoms with Crippen LogP contribution in [0, 0.1) is 0 Å². The maximum absolute atomic E-state index is 11.9. The van der Waals surface area contributed by atoms with E-state index in [0.29, 0.717) is 16.8 Å². The fraction of sp³-hybridized carbons (Fsp3) is 0.500. The van der Waals surface area contributed by atoms with Gasteiger partial charge < -0.3 is 10.1 Å². The fourth-order valence-electron chi connectivity index (χ4n) is 2.19. The smallest absolute Gasteiger partial charge is 0.260 e. The van der Waals surface area contributed by atoms with Crippen LogP contribution >= 0.6 is 11.6 Å². The quantitative estimate of drug-likeness (QED) is 0.910. The minimum atomic E-state index is -0.496. The third kappa shape index (κ3) is 3.64. The molecular formula is C14H18ClNO2. The molecule has 1 N–H and O–H groups in total. The van der Waals surface area contributed by atoms with Crippen LogP contribution in [0.15, 0.2) is 24.3 Å². The van der Waals surface area contributed by atoms with E-state index < -0.39 is 6.10 Å². The molecule has 1 amide bonds. The Kier molecular flexibility index (Phi) is 4.48. The lowest BCUT2D eigenvalue weighted by molar-refractivity contribution is -0.127. The highest BCUT2D eigenvalue weighted by Gasteiger charge is 2.21. The minimum absolute atomic E-state index is 0.0538. The Bertz CT molecular complexity index is 416. The normalized spacial score (nSPS) is 17.4. The van der Waals surface area contributed by atoms with Crippen molar-refractivity contribution < 1.29 is 9.53 Å². The van der Waals surface area contributed by atoms with Crippen molar-refractivity contribution in [3.63, 3.8) is 0 Å². The van der Waals surface area contributed by atoms with Gasteiger partial charge in [0.15, 0.2) is 6.10 Å². The predicted octanol–water partition coefficient (Wildman–Crippen LogP) is 3.17. The second-order valence-electron chi connectivity index (χ2n) is 4.71. The van der Waals surface area contributed by atoms with Crippen molar-refractivity contribution in [2.24, 2.45) is 0 Å². The van der Waals surface area contributed by atoms with Crippen molar-refractivity contribution in [1.82, 2.24) is 5.32 Å². The van der Waals surface area contributed by atoms with Gasteiger partial charge in [-0.2, -0.15) is 0 Å². The van der Waals surface area contributed by atoms with Gasteiger partial charge in [-0.3, -0.25) is 4.79 Å². The zero-order valence-corrected chi connectivity index (χ0v) is 11.2. The maximum atomic E-state index is 11.9. The van der Waals surface area contributed by atoms with Crippen molar-refractivity contribution in [1.29, 1.82) is 0 Å². The first-order valence-corrected chi connectivity index (χ1v) is 6.75. The summed E-state index contributed by atoms with van der Waals surface area (Å²) >= 11 is 5.86. The molecule has 1 aliphatic rings. The van der Waals surface area contributed by atoms with Gasteiger partial charge in [-0.1, -0.05) is 30.5 Å². The summed E-state index contributed by atoms with van der Waals surface area (Å²) < 4.78 is 5.57. The van der Waals surface area contributed by atoms with E-state index in [1.165, 1.54) is 12.8 Å². The van der Waals surface area contributed by atoms with Crippen LogP contribution in [0.1, 0.15) is 32.6 Å². The van der Waals surface area contributed by atoms with Gasteiger partial charge in [0.2, 0.25) is 0 Å². The second-order valence-corrected chi connectivity index (χ2v) is 5.14. The molecule has 2 rings (SSSR count). The average molecular weight is 268 g/mol. The third-order valence-corrected chi connectivity index (χ3v) is 3.41. The van der Waals surface area contributed by atoms with Gasteiger partial charge in [0.25, 0.3) is 5.91 Å². The van der Waals surface area contributed by atoms with E-state index in [-0.39, 0.29) is 5.91 Å². The van der Waals surface area contributed by atoms with Crippen LogP contribution in [0.3, 0.4) is 0 Å². The number of benzene rings is 1. The molecule has 98 valence electrons. The van der Waals surface area contributed by atoms with E-state index in [1.54, 1.807) is 31.2 Å². The number of amides is 1. The van der Waals surface area contributed by atoms with Gasteiger partial charge in [-0.05, 0) is 38.0 Å². The van der Waals surface area contributed by atoms with Crippen molar-refractivity contribution in [3.05, 3.63) is 29.3 Å². The van der Waals surface area contributed by atoms with E-state index >= 15 is 0 Å². The molecule has 0 aliphatic heterocycles. The number of halogens is 1. The Morgan fingerprint density at radius 3 is 2.83 bits per heavy atom. The minimum Gasteiger partial charge on any atom is -0.481 e. The molecule has 1 atom stereocenters. The highest BCUT2D eigenvalue weighted by molar-refractivity contribution is 6.30. The highest BCUT2D eigenvalue weighted by Crippen LogP contribution is 2.20. The van der Waals surface area contributed by atoms with Gasteiger partial charge >= 0.3 is 0 Å². The lowest BCUT2D eigenvalue weighted by Crippen LogP contribution is -2.41. The molecule has 1 fully saturated rings. The molecule has 0 spiro atoms. The van der Waals surface area contributed by atoms with E-state index in [0.717, 1.165) is 12.8 Å². The van der Waals surface area contributed by atoms with Crippen LogP contribution in [0.25, 0.3) is 0 Å². The first-order valence-electron chi connectivity index (χ1n) is 6.38. The number of hydrogen-bond acceptors (Lipinski definition) is 2. The van der Waals surface area contributed by atoms with Crippen LogP contribution in [0.2, 0.25) is 5.02 Å². The summed E-state index contributed by atoms with van der Waals surface area (Å²) in [6.07, 6.45) is 4.07. The summed E-state index contributed by atoms with van der Waals surface area (Å²) in [6.45, 7) is 1.76. The zero-order chi connectivity index (χ0) is 13.0. The van der Waals surface area contributed by atoms with Gasteiger partial charge in [-0.15, -0.1) is 0 Å². The molecule has 1 aliphatic carbocycles. The van der Waals surface area contributed by atoms with Crippen molar-refractivity contribution >= 4 is 17.5 Å². The predicted molar refractivity (Wildman–Crippen MR) is 71.9 cm³/mol. The summed E-state index contributed by atoms with van der Waals surface area (Å²) in [5.41, 5.74) is 0. The van der Waals surface area contributed by atoms with E-state index in [9.17, 15) is 4.79 Å². The number of hydrogen-bond donors (Lipinski definition) is 1. The van der Waals surface area contributed by atoms with Crippen LogP contribution in [0.5, 0.6) is 5.75 Å². The van der Waals surface area contributed by atoms with Gasteiger partial charge in [0.05, 0.1) is 0 Å². The topological polar surface area (TPSA) is 38.3 Å². The molecule has 0 radical (unpaired) electrons. The molecular weight excluding hydrogens is 250 g/mol. The third-order valence-electron chi connectivity index (χ3n) is 3.18. The number of ether oxygens (including phenoxy) is 1. The molecule has 3 nitrogen and oxygen atoms in total. The largest absolute Gasteiger partial charge is 0.481 e. The standard InChI is InChI=1S/C14H18ClNO2/c1-10(14(17)16-12-6-2-3-7-12)18-13-8-4-5-11(15)9-13/h4-5,8-10,12H,2-3,6-7H2,1H3,(H,16,17)/t10-/m0/s1. The van der Waals surface area contributed by atoms with Crippen LogP contribution < -0.4 is 10.1 Å². The first-order chi connectivity index (χ1) is 8.65. The van der Waals surface area contributed by atoms with E-state index in [1.807, 2.05) is 0 Å². The molecule has 1 aromatic carbocycles. The van der Waals surface area contributed by atoms with Crippen molar-refractivity contribution in [2.45, 2.75) is 44.8 Å². The van der Waals surface area contributed by atoms with Gasteiger partial charge in [0, 0.05) is 11.1 Å². The number of nitrogens with one attached hydrogen (secondary N) is 1. The van der Waals surface area contributed by atoms with E-state index in [2.05, 4.69) is 5.32 Å². The molecule has 18 heavy (non-hydrogen) atoms. The lowest BCUT2D eigenvalue weighted by atomic mass is 10.2. The fourth-order valence-corrected chi connectivity index (χ4v) is 2.37. The summed E-state index contributed by atoms with van der Waals surface area (Å²) in [5, 5.41) is 3.62. The Labute approximate surface area is 112 Å². The van der Waals surface area contributed by atoms with Crippen molar-refractivity contribution in [3.8, 4) is 5.75 Å². The summed E-state index contributed by atoms with van der Waals surface area (Å²) in [6, 6.07) is 7.41. The summed E-state index contributed by atoms with van der Waals surface area (Å²) in [7, 11) is 0. The molecule has 1 aromatic rings. The maximum Gasteiger partial charge on any atom is 0.260 e. The van der Waals surface area contributed by atoms with Gasteiger partial charge in [-0.25, -0.2) is 0 Å². The first kappa shape index (κ1) is 13.2. The SMILES string of the molecule is C[C@H](Oc1cccc(Cl)c1)C(=O)NC1CCCC1. The monoisotopic (exact) mass is 267 g/mol. The number of carbonyl (C=O) groups is 1. The summed E-state index contributed by atoms with van der Waals surface area (Å²) in [5.74, 6) is 0.568. The Balaban J connectivity index is 1.86. The molecule has 0 heterocycles. The highest BCUT2D eigenvalue weighted by atomic mass is 35.5. The van der Waals surface area contributed by atoms with Crippen LogP contribution in [0.4, 0.5) is 0 Å². The molecule has 0 aromatic heterocycles. The van der Waals surface area contributed by atoms with Crippen molar-refractivity contribution in [2.75, 3.05) is 0 Å². The van der Waals surface area contributed by atoms with Gasteiger partial charge in [0.1, 0.15) is 5.75 Å². The Morgan fingerprint density at radius 1 is 1.44 bits per heavy atom. The van der Waals surface area contributed by atoms with E-state index in [4.69, 9.17) is 16.3 Å². The van der Waals surface area contributed by atoms with Crippen LogP contribution in [-0.4, -0.2) is 18.1 Å². The zero-order valence-electron chi connectivity index (χ0n) is 10.5. The molecule has 4 heteroatoms. The summed E-state index contributed by atoms with van der Waals surface area (Å²) in [4.78, 5) is 11.9. The number of rotatable bonds is 4. The molecule has 0 bridgehead atoms. The molecule has 0 saturated heterocycles. The van der Waals surface area contributed by atoms with Crippen LogP contribution in [-0.2, 0) is 4.79 Å². The lowest BCUT2D eigenvalue weighted by Gasteiger charge is -2.18.